The van der Waals surface area contributed by atoms with Gasteiger partial charge in [-0.15, -0.1) is 0 Å². The van der Waals surface area contributed by atoms with Crippen LogP contribution in [0.15, 0.2) is 84.5 Å². The standard InChI is InChI=1S/C24H30NOP/c1-20(2)17-22(25-18-21-11-9-10-12-21)19-26-27(23-13-5-3-6-14-23)24-15-7-4-8-16-24/h3-11,13-16,20,22,25H,12,17-19H2,1-2H3/t22-/m0/s1. The van der Waals surface area contributed by atoms with Crippen molar-refractivity contribution in [2.75, 3.05) is 13.2 Å². The second-order valence-electron chi connectivity index (χ2n) is 7.43. The van der Waals surface area contributed by atoms with Crippen molar-refractivity contribution in [1.82, 2.24) is 5.32 Å². The topological polar surface area (TPSA) is 21.3 Å². The van der Waals surface area contributed by atoms with E-state index in [0.717, 1.165) is 26.0 Å². The predicted octanol–water partition coefficient (Wildman–Crippen LogP) is 4.94. The van der Waals surface area contributed by atoms with Crippen LogP contribution >= 0.6 is 8.15 Å². The lowest BCUT2D eigenvalue weighted by atomic mass is 10.0. The SMILES string of the molecule is CC(C)C[C@@H](COP(c1ccccc1)c1ccccc1)NCC1=CC=CC1. The maximum absolute atomic E-state index is 6.56. The molecule has 0 saturated heterocycles. The van der Waals surface area contributed by atoms with E-state index < -0.39 is 8.15 Å². The largest absolute Gasteiger partial charge is 0.348 e. The third-order valence-electron chi connectivity index (χ3n) is 4.61. The van der Waals surface area contributed by atoms with Crippen LogP contribution in [0.4, 0.5) is 0 Å². The van der Waals surface area contributed by atoms with Gasteiger partial charge < -0.3 is 9.84 Å². The van der Waals surface area contributed by atoms with Crippen molar-refractivity contribution in [3.63, 3.8) is 0 Å². The summed E-state index contributed by atoms with van der Waals surface area (Å²) in [7, 11) is -0.796. The fraction of sp³-hybridized carbons (Fsp3) is 0.333. The number of hydrogen-bond donors (Lipinski definition) is 1. The molecule has 0 radical (unpaired) electrons. The van der Waals surface area contributed by atoms with Crippen LogP contribution in [0.5, 0.6) is 0 Å². The molecule has 1 aliphatic carbocycles. The Bertz CT molecular complexity index is 700. The summed E-state index contributed by atoms with van der Waals surface area (Å²) in [5.41, 5.74) is 1.46. The van der Waals surface area contributed by atoms with Crippen LogP contribution < -0.4 is 15.9 Å². The molecule has 0 aliphatic heterocycles. The van der Waals surface area contributed by atoms with Crippen LogP contribution in [0.1, 0.15) is 26.7 Å². The summed E-state index contributed by atoms with van der Waals surface area (Å²) < 4.78 is 6.56. The zero-order valence-corrected chi connectivity index (χ0v) is 17.2. The molecular weight excluding hydrogens is 349 g/mol. The third kappa shape index (κ3) is 6.43. The van der Waals surface area contributed by atoms with Gasteiger partial charge in [-0.2, -0.15) is 0 Å². The lowest BCUT2D eigenvalue weighted by Crippen LogP contribution is -2.36. The van der Waals surface area contributed by atoms with Gasteiger partial charge in [0.15, 0.2) is 0 Å². The van der Waals surface area contributed by atoms with Gasteiger partial charge in [0.1, 0.15) is 0 Å². The zero-order chi connectivity index (χ0) is 18.9. The number of rotatable bonds is 10. The minimum Gasteiger partial charge on any atom is -0.348 e. The Morgan fingerprint density at radius 1 is 0.963 bits per heavy atom. The molecular formula is C24H30NOP. The normalized spacial score (nSPS) is 14.7. The third-order valence-corrected chi connectivity index (χ3v) is 6.55. The smallest absolute Gasteiger partial charge is 0.0918 e. The first-order valence-electron chi connectivity index (χ1n) is 9.83. The van der Waals surface area contributed by atoms with Crippen molar-refractivity contribution in [3.8, 4) is 0 Å². The Morgan fingerprint density at radius 2 is 1.59 bits per heavy atom. The average molecular weight is 379 g/mol. The molecule has 0 amide bonds. The fourth-order valence-corrected chi connectivity index (χ4v) is 5.08. The van der Waals surface area contributed by atoms with E-state index in [-0.39, 0.29) is 0 Å². The van der Waals surface area contributed by atoms with Gasteiger partial charge in [-0.3, -0.25) is 0 Å². The molecule has 3 rings (SSSR count). The van der Waals surface area contributed by atoms with Crippen molar-refractivity contribution in [2.45, 2.75) is 32.7 Å². The first kappa shape index (κ1) is 20.0. The first-order valence-corrected chi connectivity index (χ1v) is 11.1. The average Bonchev–Trinajstić information content (AvgIpc) is 3.21. The van der Waals surface area contributed by atoms with Crippen molar-refractivity contribution >= 4 is 18.8 Å². The minimum atomic E-state index is -0.796. The van der Waals surface area contributed by atoms with Crippen molar-refractivity contribution in [2.24, 2.45) is 5.92 Å². The molecule has 2 nitrogen and oxygen atoms in total. The number of hydrogen-bond acceptors (Lipinski definition) is 2. The van der Waals surface area contributed by atoms with Gasteiger partial charge in [-0.05, 0) is 18.8 Å². The summed E-state index contributed by atoms with van der Waals surface area (Å²) in [5.74, 6) is 0.640. The Hall–Kier alpha value is -1.73. The minimum absolute atomic E-state index is 0.365. The molecule has 0 saturated carbocycles. The maximum atomic E-state index is 6.56. The molecule has 0 spiro atoms. The number of benzene rings is 2. The number of allylic oxidation sites excluding steroid dienone is 3. The summed E-state index contributed by atoms with van der Waals surface area (Å²) >= 11 is 0. The maximum Gasteiger partial charge on any atom is 0.0918 e. The fourth-order valence-electron chi connectivity index (χ4n) is 3.27. The molecule has 3 heteroatoms. The van der Waals surface area contributed by atoms with E-state index in [9.17, 15) is 0 Å². The van der Waals surface area contributed by atoms with Gasteiger partial charge in [0, 0.05) is 23.2 Å². The molecule has 1 N–H and O–H groups in total. The van der Waals surface area contributed by atoms with Gasteiger partial charge >= 0.3 is 0 Å². The second-order valence-corrected chi connectivity index (χ2v) is 9.31. The quantitative estimate of drug-likeness (QED) is 0.590. The van der Waals surface area contributed by atoms with Gasteiger partial charge in [-0.1, -0.05) is 98.3 Å². The van der Waals surface area contributed by atoms with E-state index >= 15 is 0 Å². The first-order chi connectivity index (χ1) is 13.2. The molecule has 0 bridgehead atoms. The van der Waals surface area contributed by atoms with Crippen molar-refractivity contribution in [3.05, 3.63) is 84.5 Å². The molecule has 1 atom stereocenters. The molecule has 27 heavy (non-hydrogen) atoms. The predicted molar refractivity (Wildman–Crippen MR) is 118 cm³/mol. The van der Waals surface area contributed by atoms with Crippen LogP contribution in [-0.2, 0) is 4.52 Å². The van der Waals surface area contributed by atoms with Gasteiger partial charge in [0.05, 0.1) is 14.8 Å². The van der Waals surface area contributed by atoms with E-state index in [1.165, 1.54) is 16.2 Å². The Balaban J connectivity index is 1.67. The Labute approximate surface area is 165 Å². The van der Waals surface area contributed by atoms with Gasteiger partial charge in [0.2, 0.25) is 0 Å². The van der Waals surface area contributed by atoms with E-state index in [1.807, 2.05) is 0 Å². The molecule has 2 aromatic rings. The van der Waals surface area contributed by atoms with E-state index in [2.05, 4.69) is 98.1 Å². The molecule has 2 aromatic carbocycles. The highest BCUT2D eigenvalue weighted by atomic mass is 31.1. The Morgan fingerprint density at radius 3 is 2.11 bits per heavy atom. The van der Waals surface area contributed by atoms with Crippen LogP contribution in [-0.4, -0.2) is 19.2 Å². The second kappa shape index (κ2) is 10.6. The van der Waals surface area contributed by atoms with Crippen LogP contribution in [0.25, 0.3) is 0 Å². The number of nitrogens with one attached hydrogen (secondary N) is 1. The highest BCUT2D eigenvalue weighted by Gasteiger charge is 2.19. The highest BCUT2D eigenvalue weighted by molar-refractivity contribution is 7.68. The summed E-state index contributed by atoms with van der Waals surface area (Å²) in [5, 5.41) is 6.26. The van der Waals surface area contributed by atoms with Crippen LogP contribution in [0.2, 0.25) is 0 Å². The molecule has 0 unspecified atom stereocenters. The van der Waals surface area contributed by atoms with Crippen LogP contribution in [0, 0.1) is 5.92 Å². The Kier molecular flexibility index (Phi) is 7.83. The van der Waals surface area contributed by atoms with Crippen molar-refractivity contribution < 1.29 is 4.52 Å². The molecule has 142 valence electrons. The zero-order valence-electron chi connectivity index (χ0n) is 16.3. The summed E-state index contributed by atoms with van der Waals surface area (Å²) in [6.07, 6.45) is 8.78. The molecule has 1 aliphatic rings. The molecule has 0 heterocycles. The lowest BCUT2D eigenvalue weighted by molar-refractivity contribution is 0.272. The van der Waals surface area contributed by atoms with E-state index in [1.54, 1.807) is 0 Å². The van der Waals surface area contributed by atoms with E-state index in [4.69, 9.17) is 4.52 Å². The summed E-state index contributed by atoms with van der Waals surface area (Å²) in [6.45, 7) is 6.24. The monoisotopic (exact) mass is 379 g/mol. The lowest BCUT2D eigenvalue weighted by Gasteiger charge is -2.25. The summed E-state index contributed by atoms with van der Waals surface area (Å²) in [4.78, 5) is 0. The van der Waals surface area contributed by atoms with Gasteiger partial charge in [-0.25, -0.2) is 0 Å². The molecule has 0 aromatic heterocycles. The summed E-state index contributed by atoms with van der Waals surface area (Å²) in [6, 6.07) is 21.6. The highest BCUT2D eigenvalue weighted by Crippen LogP contribution is 2.35. The van der Waals surface area contributed by atoms with Gasteiger partial charge in [0.25, 0.3) is 0 Å². The van der Waals surface area contributed by atoms with Crippen LogP contribution in [0.3, 0.4) is 0 Å². The molecule has 0 fully saturated rings. The van der Waals surface area contributed by atoms with Crippen molar-refractivity contribution in [1.29, 1.82) is 0 Å². The van der Waals surface area contributed by atoms with E-state index in [0.29, 0.717) is 12.0 Å².